The number of fused-ring (bicyclic) bond motifs is 1. The minimum Gasteiger partial charge on any atom is -0.481 e. The summed E-state index contributed by atoms with van der Waals surface area (Å²) in [7, 11) is 0. The molecule has 0 spiro atoms. The molecule has 32 heavy (non-hydrogen) atoms. The minimum absolute atomic E-state index is 0.0429. The summed E-state index contributed by atoms with van der Waals surface area (Å²) in [4.78, 5) is 38.0. The third kappa shape index (κ3) is 4.44. The van der Waals surface area contributed by atoms with E-state index in [0.717, 1.165) is 27.6 Å². The Morgan fingerprint density at radius 3 is 2.69 bits per heavy atom. The van der Waals surface area contributed by atoms with E-state index < -0.39 is 17.5 Å². The quantitative estimate of drug-likeness (QED) is 0.595. The Morgan fingerprint density at radius 1 is 1.16 bits per heavy atom. The number of carbonyl (C=O) groups is 2. The summed E-state index contributed by atoms with van der Waals surface area (Å²) >= 11 is 0. The molecule has 1 aliphatic rings. The van der Waals surface area contributed by atoms with Gasteiger partial charge in [-0.3, -0.25) is 9.59 Å². The van der Waals surface area contributed by atoms with E-state index in [-0.39, 0.29) is 24.8 Å². The van der Waals surface area contributed by atoms with Gasteiger partial charge < -0.3 is 14.4 Å². The van der Waals surface area contributed by atoms with Gasteiger partial charge in [-0.15, -0.1) is 0 Å². The van der Waals surface area contributed by atoms with Crippen LogP contribution in [0.15, 0.2) is 57.7 Å². The molecule has 2 atom stereocenters. The molecular weight excluding hydrogens is 406 g/mol. The van der Waals surface area contributed by atoms with Crippen LogP contribution < -0.4 is 5.63 Å². The standard InChI is InChI=1S/C26H27NO5/c1-16-6-3-4-8-20(16)22-14-25(29)32-23-13-18(9-10-21(22)23)17(2)12-24(28)27-11-5-7-19(15-27)26(30)31/h3-4,6,8-10,13-14,17,19H,5,7,11-12,15H2,1-2H3,(H,30,31)/t17?,19-/m0/s1. The van der Waals surface area contributed by atoms with Crippen molar-refractivity contribution < 1.29 is 19.1 Å². The largest absolute Gasteiger partial charge is 0.481 e. The number of amides is 1. The molecule has 1 aromatic heterocycles. The summed E-state index contributed by atoms with van der Waals surface area (Å²) in [6.45, 7) is 4.84. The topological polar surface area (TPSA) is 87.8 Å². The summed E-state index contributed by atoms with van der Waals surface area (Å²) in [5.41, 5.74) is 3.88. The normalized spacial score (nSPS) is 17.3. The van der Waals surface area contributed by atoms with Gasteiger partial charge in [-0.2, -0.15) is 0 Å². The van der Waals surface area contributed by atoms with Crippen LogP contribution in [0.1, 0.15) is 43.2 Å². The highest BCUT2D eigenvalue weighted by atomic mass is 16.4. The van der Waals surface area contributed by atoms with Crippen molar-refractivity contribution in [3.05, 3.63) is 70.1 Å². The Hall–Kier alpha value is -3.41. The van der Waals surface area contributed by atoms with Crippen molar-refractivity contribution in [2.75, 3.05) is 13.1 Å². The first kappa shape index (κ1) is 21.8. The average Bonchev–Trinajstić information content (AvgIpc) is 2.78. The minimum atomic E-state index is -0.843. The van der Waals surface area contributed by atoms with E-state index in [1.54, 1.807) is 4.90 Å². The predicted octanol–water partition coefficient (Wildman–Crippen LogP) is 4.59. The van der Waals surface area contributed by atoms with Crippen LogP contribution in [0, 0.1) is 12.8 Å². The number of likely N-dealkylation sites (tertiary alicyclic amines) is 1. The Kier molecular flexibility index (Phi) is 6.12. The van der Waals surface area contributed by atoms with Gasteiger partial charge in [0.1, 0.15) is 5.58 Å². The van der Waals surface area contributed by atoms with E-state index in [1.807, 2.05) is 56.3 Å². The molecule has 4 rings (SSSR count). The Labute approximate surface area is 186 Å². The zero-order valence-corrected chi connectivity index (χ0v) is 18.3. The van der Waals surface area contributed by atoms with Crippen LogP contribution in [0.5, 0.6) is 0 Å². The van der Waals surface area contributed by atoms with Crippen LogP contribution in [-0.4, -0.2) is 35.0 Å². The number of carboxylic acids is 1. The van der Waals surface area contributed by atoms with E-state index >= 15 is 0 Å². The first-order valence-electron chi connectivity index (χ1n) is 11.0. The van der Waals surface area contributed by atoms with Crippen molar-refractivity contribution in [1.82, 2.24) is 4.90 Å². The van der Waals surface area contributed by atoms with Gasteiger partial charge in [0.15, 0.2) is 0 Å². The number of nitrogens with zero attached hydrogens (tertiary/aromatic N) is 1. The second kappa shape index (κ2) is 8.99. The van der Waals surface area contributed by atoms with Crippen molar-refractivity contribution in [3.63, 3.8) is 0 Å². The van der Waals surface area contributed by atoms with E-state index in [1.165, 1.54) is 6.07 Å². The highest BCUT2D eigenvalue weighted by Gasteiger charge is 2.28. The van der Waals surface area contributed by atoms with E-state index in [0.29, 0.717) is 25.0 Å². The molecular formula is C26H27NO5. The molecule has 6 nitrogen and oxygen atoms in total. The molecule has 0 bridgehead atoms. The fourth-order valence-electron chi connectivity index (χ4n) is 4.50. The second-order valence-corrected chi connectivity index (χ2v) is 8.67. The van der Waals surface area contributed by atoms with Gasteiger partial charge in [-0.1, -0.05) is 43.3 Å². The van der Waals surface area contributed by atoms with Crippen LogP contribution in [-0.2, 0) is 9.59 Å². The molecule has 2 aromatic carbocycles. The second-order valence-electron chi connectivity index (χ2n) is 8.67. The SMILES string of the molecule is Cc1ccccc1-c1cc(=O)oc2cc(C(C)CC(=O)N3CCC[C@H](C(=O)O)C3)ccc12. The number of benzene rings is 2. The zero-order chi connectivity index (χ0) is 22.8. The number of aliphatic carboxylic acids is 1. The molecule has 2 heterocycles. The van der Waals surface area contributed by atoms with Crippen molar-refractivity contribution in [2.24, 2.45) is 5.92 Å². The maximum atomic E-state index is 12.8. The molecule has 1 N–H and O–H groups in total. The number of aryl methyl sites for hydroxylation is 1. The van der Waals surface area contributed by atoms with Crippen molar-refractivity contribution >= 4 is 22.8 Å². The molecule has 3 aromatic rings. The predicted molar refractivity (Wildman–Crippen MR) is 123 cm³/mol. The van der Waals surface area contributed by atoms with E-state index in [9.17, 15) is 19.5 Å². The van der Waals surface area contributed by atoms with Crippen LogP contribution in [0.3, 0.4) is 0 Å². The maximum absolute atomic E-state index is 12.8. The average molecular weight is 434 g/mol. The molecule has 1 aliphatic heterocycles. The fourth-order valence-corrected chi connectivity index (χ4v) is 4.50. The van der Waals surface area contributed by atoms with Gasteiger partial charge in [0, 0.05) is 36.5 Å². The number of rotatable bonds is 5. The Morgan fingerprint density at radius 2 is 1.94 bits per heavy atom. The highest BCUT2D eigenvalue weighted by Crippen LogP contribution is 2.32. The molecule has 1 unspecified atom stereocenters. The number of hydrogen-bond acceptors (Lipinski definition) is 4. The van der Waals surface area contributed by atoms with Gasteiger partial charge in [0.05, 0.1) is 5.92 Å². The maximum Gasteiger partial charge on any atom is 0.336 e. The monoisotopic (exact) mass is 433 g/mol. The van der Waals surface area contributed by atoms with Crippen LogP contribution in [0.4, 0.5) is 0 Å². The van der Waals surface area contributed by atoms with Crippen LogP contribution in [0.25, 0.3) is 22.1 Å². The highest BCUT2D eigenvalue weighted by molar-refractivity contribution is 5.94. The molecule has 0 radical (unpaired) electrons. The van der Waals surface area contributed by atoms with E-state index in [2.05, 4.69) is 0 Å². The molecule has 0 saturated carbocycles. The third-order valence-corrected chi connectivity index (χ3v) is 6.38. The van der Waals surface area contributed by atoms with Crippen LogP contribution in [0.2, 0.25) is 0 Å². The zero-order valence-electron chi connectivity index (χ0n) is 18.3. The van der Waals surface area contributed by atoms with Crippen LogP contribution >= 0.6 is 0 Å². The lowest BCUT2D eigenvalue weighted by molar-refractivity contribution is -0.145. The number of piperidine rings is 1. The summed E-state index contributed by atoms with van der Waals surface area (Å²) in [6.07, 6.45) is 1.60. The van der Waals surface area contributed by atoms with Gasteiger partial charge in [-0.25, -0.2) is 4.79 Å². The number of carboxylic acid groups (broad SMARTS) is 1. The van der Waals surface area contributed by atoms with E-state index in [4.69, 9.17) is 4.42 Å². The molecule has 6 heteroatoms. The molecule has 0 aliphatic carbocycles. The lowest BCUT2D eigenvalue weighted by Crippen LogP contribution is -2.42. The van der Waals surface area contributed by atoms with Gasteiger partial charge in [0.2, 0.25) is 5.91 Å². The first-order valence-corrected chi connectivity index (χ1v) is 11.0. The summed E-state index contributed by atoms with van der Waals surface area (Å²) in [6, 6.07) is 15.2. The fraction of sp³-hybridized carbons (Fsp3) is 0.346. The lowest BCUT2D eigenvalue weighted by atomic mass is 9.92. The number of carbonyl (C=O) groups excluding carboxylic acids is 1. The summed E-state index contributed by atoms with van der Waals surface area (Å²) < 4.78 is 5.50. The lowest BCUT2D eigenvalue weighted by Gasteiger charge is -2.31. The molecule has 1 fully saturated rings. The summed E-state index contributed by atoms with van der Waals surface area (Å²) in [5, 5.41) is 10.1. The molecule has 166 valence electrons. The Balaban J connectivity index is 1.59. The molecule has 1 saturated heterocycles. The van der Waals surface area contributed by atoms with Crippen molar-refractivity contribution in [3.8, 4) is 11.1 Å². The molecule has 1 amide bonds. The van der Waals surface area contributed by atoms with Crippen molar-refractivity contribution in [2.45, 2.75) is 39.0 Å². The van der Waals surface area contributed by atoms with Gasteiger partial charge in [-0.05, 0) is 48.4 Å². The van der Waals surface area contributed by atoms with Crippen molar-refractivity contribution in [1.29, 1.82) is 0 Å². The smallest absolute Gasteiger partial charge is 0.336 e. The first-order chi connectivity index (χ1) is 15.3. The number of hydrogen-bond donors (Lipinski definition) is 1. The third-order valence-electron chi connectivity index (χ3n) is 6.38. The van der Waals surface area contributed by atoms with Gasteiger partial charge >= 0.3 is 11.6 Å². The Bertz CT molecular complexity index is 1230. The van der Waals surface area contributed by atoms with Gasteiger partial charge in [0.25, 0.3) is 0 Å². The summed E-state index contributed by atoms with van der Waals surface area (Å²) in [5.74, 6) is -1.47.